The number of carbonyl (C=O) groups is 1. The highest BCUT2D eigenvalue weighted by Gasteiger charge is 2.14. The molecule has 0 aliphatic carbocycles. The van der Waals surface area contributed by atoms with Crippen LogP contribution in [0.3, 0.4) is 0 Å². The fourth-order valence-electron chi connectivity index (χ4n) is 2.52. The van der Waals surface area contributed by atoms with E-state index in [4.69, 9.17) is 9.26 Å². The van der Waals surface area contributed by atoms with Crippen molar-refractivity contribution in [3.8, 4) is 0 Å². The third-order valence-electron chi connectivity index (χ3n) is 4.07. The zero-order valence-electron chi connectivity index (χ0n) is 13.1. The molecule has 0 unspecified atom stereocenters. The SMILES string of the molecule is Cc1noc(C)c1COC(=O)c1ccc2[nH]c(C)c(C)c2c1. The molecule has 5 heteroatoms. The Morgan fingerprint density at radius 1 is 1.27 bits per heavy atom. The molecule has 0 aliphatic rings. The van der Waals surface area contributed by atoms with E-state index in [1.807, 2.05) is 32.9 Å². The van der Waals surface area contributed by atoms with Crippen molar-refractivity contribution in [3.05, 3.63) is 52.0 Å². The van der Waals surface area contributed by atoms with Gasteiger partial charge in [0.1, 0.15) is 12.4 Å². The van der Waals surface area contributed by atoms with Crippen molar-refractivity contribution < 1.29 is 14.1 Å². The number of esters is 1. The second-order valence-electron chi connectivity index (χ2n) is 5.51. The summed E-state index contributed by atoms with van der Waals surface area (Å²) in [6.07, 6.45) is 0. The monoisotopic (exact) mass is 298 g/mol. The topological polar surface area (TPSA) is 68.1 Å². The van der Waals surface area contributed by atoms with Crippen LogP contribution in [0.4, 0.5) is 0 Å². The summed E-state index contributed by atoms with van der Waals surface area (Å²) in [5.41, 5.74) is 5.39. The molecule has 3 aromatic rings. The van der Waals surface area contributed by atoms with Crippen LogP contribution in [-0.2, 0) is 11.3 Å². The summed E-state index contributed by atoms with van der Waals surface area (Å²) < 4.78 is 10.4. The van der Waals surface area contributed by atoms with Crippen molar-refractivity contribution in [1.29, 1.82) is 0 Å². The van der Waals surface area contributed by atoms with Gasteiger partial charge in [0.15, 0.2) is 0 Å². The van der Waals surface area contributed by atoms with Gasteiger partial charge in [0.25, 0.3) is 0 Å². The van der Waals surface area contributed by atoms with Crippen molar-refractivity contribution in [2.24, 2.45) is 0 Å². The van der Waals surface area contributed by atoms with Crippen molar-refractivity contribution in [1.82, 2.24) is 10.1 Å². The highest BCUT2D eigenvalue weighted by atomic mass is 16.5. The van der Waals surface area contributed by atoms with Crippen LogP contribution in [0.2, 0.25) is 0 Å². The summed E-state index contributed by atoms with van der Waals surface area (Å²) >= 11 is 0. The molecule has 2 aromatic heterocycles. The largest absolute Gasteiger partial charge is 0.457 e. The van der Waals surface area contributed by atoms with E-state index in [2.05, 4.69) is 10.1 Å². The van der Waals surface area contributed by atoms with Gasteiger partial charge < -0.3 is 14.2 Å². The minimum atomic E-state index is -0.347. The quantitative estimate of drug-likeness (QED) is 0.748. The summed E-state index contributed by atoms with van der Waals surface area (Å²) in [5.74, 6) is 0.331. The Kier molecular flexibility index (Phi) is 3.48. The van der Waals surface area contributed by atoms with Gasteiger partial charge in [-0.05, 0) is 51.5 Å². The first kappa shape index (κ1) is 14.4. The second kappa shape index (κ2) is 5.33. The van der Waals surface area contributed by atoms with Crippen LogP contribution in [-0.4, -0.2) is 16.1 Å². The number of nitrogens with zero attached hydrogens (tertiary/aromatic N) is 1. The third-order valence-corrected chi connectivity index (χ3v) is 4.07. The molecule has 3 rings (SSSR count). The van der Waals surface area contributed by atoms with Gasteiger partial charge in [-0.3, -0.25) is 0 Å². The lowest BCUT2D eigenvalue weighted by atomic mass is 10.1. The van der Waals surface area contributed by atoms with Gasteiger partial charge in [0, 0.05) is 16.6 Å². The fourth-order valence-corrected chi connectivity index (χ4v) is 2.52. The Bertz CT molecular complexity index is 839. The number of fused-ring (bicyclic) bond motifs is 1. The number of aryl methyl sites for hydroxylation is 4. The number of H-pyrrole nitrogens is 1. The predicted octanol–water partition coefficient (Wildman–Crippen LogP) is 3.75. The molecule has 0 spiro atoms. The normalized spacial score (nSPS) is 11.1. The minimum Gasteiger partial charge on any atom is -0.457 e. The van der Waals surface area contributed by atoms with Gasteiger partial charge in [0.2, 0.25) is 0 Å². The van der Waals surface area contributed by atoms with Crippen LogP contribution in [0.25, 0.3) is 10.9 Å². The van der Waals surface area contributed by atoms with E-state index in [1.54, 1.807) is 13.0 Å². The molecule has 114 valence electrons. The Balaban J connectivity index is 1.82. The zero-order chi connectivity index (χ0) is 15.9. The number of aromatic amines is 1. The third kappa shape index (κ3) is 2.39. The van der Waals surface area contributed by atoms with E-state index >= 15 is 0 Å². The molecule has 0 atom stereocenters. The molecule has 1 N–H and O–H groups in total. The lowest BCUT2D eigenvalue weighted by Crippen LogP contribution is -2.06. The predicted molar refractivity (Wildman–Crippen MR) is 82.9 cm³/mol. The molecule has 0 radical (unpaired) electrons. The number of nitrogens with one attached hydrogen (secondary N) is 1. The maximum atomic E-state index is 12.2. The fraction of sp³-hybridized carbons (Fsp3) is 0.294. The lowest BCUT2D eigenvalue weighted by molar-refractivity contribution is 0.0471. The molecule has 0 fully saturated rings. The Hall–Kier alpha value is -2.56. The molecule has 2 heterocycles. The van der Waals surface area contributed by atoms with Crippen LogP contribution in [0, 0.1) is 27.7 Å². The number of carbonyl (C=O) groups excluding carboxylic acids is 1. The number of rotatable bonds is 3. The van der Waals surface area contributed by atoms with Crippen LogP contribution in [0.15, 0.2) is 22.7 Å². The van der Waals surface area contributed by atoms with Crippen molar-refractivity contribution in [2.75, 3.05) is 0 Å². The molecule has 0 amide bonds. The van der Waals surface area contributed by atoms with E-state index in [0.29, 0.717) is 11.3 Å². The number of ether oxygens (including phenoxy) is 1. The smallest absolute Gasteiger partial charge is 0.338 e. The summed E-state index contributed by atoms with van der Waals surface area (Å²) in [6.45, 7) is 7.86. The van der Waals surface area contributed by atoms with Crippen molar-refractivity contribution >= 4 is 16.9 Å². The maximum absolute atomic E-state index is 12.2. The van der Waals surface area contributed by atoms with E-state index in [-0.39, 0.29) is 12.6 Å². The minimum absolute atomic E-state index is 0.170. The molecule has 0 saturated carbocycles. The molecule has 0 saturated heterocycles. The van der Waals surface area contributed by atoms with Crippen LogP contribution in [0.1, 0.15) is 38.6 Å². The number of hydrogen-bond acceptors (Lipinski definition) is 4. The Morgan fingerprint density at radius 3 is 2.73 bits per heavy atom. The first-order chi connectivity index (χ1) is 10.5. The van der Waals surface area contributed by atoms with Crippen LogP contribution >= 0.6 is 0 Å². The van der Waals surface area contributed by atoms with Gasteiger partial charge in [-0.2, -0.15) is 0 Å². The average Bonchev–Trinajstić information content (AvgIpc) is 2.97. The highest BCUT2D eigenvalue weighted by molar-refractivity contribution is 5.96. The van der Waals surface area contributed by atoms with Gasteiger partial charge >= 0.3 is 5.97 Å². The summed E-state index contributed by atoms with van der Waals surface area (Å²) in [6, 6.07) is 5.54. The Labute approximate surface area is 128 Å². The molecule has 5 nitrogen and oxygen atoms in total. The van der Waals surface area contributed by atoms with E-state index in [0.717, 1.165) is 33.4 Å². The molecular formula is C17H18N2O3. The summed E-state index contributed by atoms with van der Waals surface area (Å²) in [4.78, 5) is 15.5. The lowest BCUT2D eigenvalue weighted by Gasteiger charge is -2.05. The average molecular weight is 298 g/mol. The highest BCUT2D eigenvalue weighted by Crippen LogP contribution is 2.23. The molecule has 0 bridgehead atoms. The second-order valence-corrected chi connectivity index (χ2v) is 5.51. The molecule has 0 aliphatic heterocycles. The van der Waals surface area contributed by atoms with Crippen molar-refractivity contribution in [3.63, 3.8) is 0 Å². The standard InChI is InChI=1S/C17H18N2O3/c1-9-10(2)18-16-6-5-13(7-14(9)16)17(20)21-8-15-11(3)19-22-12(15)4/h5-7,18H,8H2,1-4H3. The number of benzene rings is 1. The Morgan fingerprint density at radius 2 is 2.05 bits per heavy atom. The van der Waals surface area contributed by atoms with Gasteiger partial charge in [-0.1, -0.05) is 5.16 Å². The number of hydrogen-bond donors (Lipinski definition) is 1. The van der Waals surface area contributed by atoms with E-state index < -0.39 is 0 Å². The van der Waals surface area contributed by atoms with Crippen LogP contribution in [0.5, 0.6) is 0 Å². The van der Waals surface area contributed by atoms with Crippen LogP contribution < -0.4 is 0 Å². The first-order valence-electron chi connectivity index (χ1n) is 7.15. The van der Waals surface area contributed by atoms with Gasteiger partial charge in [-0.15, -0.1) is 0 Å². The zero-order valence-corrected chi connectivity index (χ0v) is 13.1. The van der Waals surface area contributed by atoms with Crippen molar-refractivity contribution in [2.45, 2.75) is 34.3 Å². The van der Waals surface area contributed by atoms with Gasteiger partial charge in [-0.25, -0.2) is 4.79 Å². The van der Waals surface area contributed by atoms with Gasteiger partial charge in [0.05, 0.1) is 16.8 Å². The summed E-state index contributed by atoms with van der Waals surface area (Å²) in [7, 11) is 0. The maximum Gasteiger partial charge on any atom is 0.338 e. The first-order valence-corrected chi connectivity index (χ1v) is 7.15. The molecule has 22 heavy (non-hydrogen) atoms. The van der Waals surface area contributed by atoms with E-state index in [9.17, 15) is 4.79 Å². The van der Waals surface area contributed by atoms with E-state index in [1.165, 1.54) is 0 Å². The number of aromatic nitrogens is 2. The molecular weight excluding hydrogens is 280 g/mol. The molecule has 1 aromatic carbocycles. The summed E-state index contributed by atoms with van der Waals surface area (Å²) in [5, 5.41) is 4.90.